The van der Waals surface area contributed by atoms with Crippen LogP contribution in [0.3, 0.4) is 0 Å². The summed E-state index contributed by atoms with van der Waals surface area (Å²) in [6, 6.07) is 12.0. The average molecular weight is 231 g/mol. The van der Waals surface area contributed by atoms with Gasteiger partial charge in [-0.2, -0.15) is 0 Å². The van der Waals surface area contributed by atoms with Crippen LogP contribution >= 0.6 is 0 Å². The van der Waals surface area contributed by atoms with Crippen molar-refractivity contribution in [1.29, 1.82) is 0 Å². The van der Waals surface area contributed by atoms with Crippen molar-refractivity contribution in [2.75, 3.05) is 0 Å². The van der Waals surface area contributed by atoms with Gasteiger partial charge in [-0.25, -0.2) is 0 Å². The molecule has 17 heavy (non-hydrogen) atoms. The van der Waals surface area contributed by atoms with Crippen molar-refractivity contribution in [3.8, 4) is 0 Å². The first-order valence-electron chi connectivity index (χ1n) is 7.10. The molecule has 1 saturated carbocycles. The minimum atomic E-state index is 0.483. The van der Waals surface area contributed by atoms with Gasteiger partial charge in [-0.1, -0.05) is 56.5 Å². The zero-order valence-corrected chi connectivity index (χ0v) is 11.2. The molecule has 1 fully saturated rings. The third-order valence-corrected chi connectivity index (χ3v) is 4.15. The Morgan fingerprint density at radius 2 is 2.00 bits per heavy atom. The Morgan fingerprint density at radius 3 is 2.71 bits per heavy atom. The molecule has 1 aromatic rings. The van der Waals surface area contributed by atoms with Crippen LogP contribution in [0.4, 0.5) is 0 Å². The van der Waals surface area contributed by atoms with Crippen LogP contribution < -0.4 is 5.32 Å². The van der Waals surface area contributed by atoms with Crippen LogP contribution in [-0.2, 0) is 0 Å². The van der Waals surface area contributed by atoms with Gasteiger partial charge in [0.1, 0.15) is 0 Å². The van der Waals surface area contributed by atoms with Crippen LogP contribution in [0.2, 0.25) is 0 Å². The number of hydrogen-bond acceptors (Lipinski definition) is 1. The molecule has 1 heteroatoms. The maximum absolute atomic E-state index is 3.80. The van der Waals surface area contributed by atoms with E-state index in [0.717, 1.165) is 12.0 Å². The molecule has 2 unspecified atom stereocenters. The van der Waals surface area contributed by atoms with Crippen LogP contribution in [0.5, 0.6) is 0 Å². The summed E-state index contributed by atoms with van der Waals surface area (Å²) in [5, 5.41) is 3.80. The highest BCUT2D eigenvalue weighted by atomic mass is 14.9. The molecule has 1 aliphatic carbocycles. The van der Waals surface area contributed by atoms with Crippen LogP contribution in [0.15, 0.2) is 30.3 Å². The lowest BCUT2D eigenvalue weighted by molar-refractivity contribution is 0.266. The number of benzene rings is 1. The first kappa shape index (κ1) is 12.6. The van der Waals surface area contributed by atoms with E-state index in [-0.39, 0.29) is 0 Å². The smallest absolute Gasteiger partial charge is 0.0294 e. The molecule has 1 nitrogen and oxygen atoms in total. The summed E-state index contributed by atoms with van der Waals surface area (Å²) < 4.78 is 0. The first-order valence-corrected chi connectivity index (χ1v) is 7.10. The topological polar surface area (TPSA) is 12.0 Å². The minimum Gasteiger partial charge on any atom is -0.307 e. The zero-order valence-electron chi connectivity index (χ0n) is 11.2. The van der Waals surface area contributed by atoms with Gasteiger partial charge in [-0.3, -0.25) is 0 Å². The lowest BCUT2D eigenvalue weighted by Crippen LogP contribution is -2.35. The van der Waals surface area contributed by atoms with E-state index in [1.807, 2.05) is 0 Å². The predicted octanol–water partition coefficient (Wildman–Crippen LogP) is 4.31. The molecule has 0 aliphatic heterocycles. The van der Waals surface area contributed by atoms with Gasteiger partial charge < -0.3 is 5.32 Å². The largest absolute Gasteiger partial charge is 0.307 e. The Labute approximate surface area is 106 Å². The van der Waals surface area contributed by atoms with Crippen LogP contribution in [0.1, 0.15) is 57.6 Å². The van der Waals surface area contributed by atoms with Gasteiger partial charge >= 0.3 is 0 Å². The molecule has 1 aromatic carbocycles. The summed E-state index contributed by atoms with van der Waals surface area (Å²) in [6.45, 7) is 4.61. The van der Waals surface area contributed by atoms with Crippen molar-refractivity contribution in [3.63, 3.8) is 0 Å². The summed E-state index contributed by atoms with van der Waals surface area (Å²) in [6.07, 6.45) is 6.91. The Morgan fingerprint density at radius 1 is 1.24 bits per heavy atom. The molecule has 1 aliphatic rings. The highest BCUT2D eigenvalue weighted by molar-refractivity contribution is 5.18. The van der Waals surface area contributed by atoms with E-state index in [9.17, 15) is 0 Å². The lowest BCUT2D eigenvalue weighted by atomic mass is 9.84. The maximum Gasteiger partial charge on any atom is 0.0294 e. The van der Waals surface area contributed by atoms with Crippen LogP contribution in [-0.4, -0.2) is 6.04 Å². The van der Waals surface area contributed by atoms with Crippen molar-refractivity contribution in [2.24, 2.45) is 5.92 Å². The fraction of sp³-hybridized carbons (Fsp3) is 0.625. The van der Waals surface area contributed by atoms with Crippen molar-refractivity contribution in [1.82, 2.24) is 5.32 Å². The van der Waals surface area contributed by atoms with E-state index in [1.54, 1.807) is 0 Å². The molecule has 3 atom stereocenters. The van der Waals surface area contributed by atoms with Crippen molar-refractivity contribution in [3.05, 3.63) is 35.9 Å². The van der Waals surface area contributed by atoms with Gasteiger partial charge in [0.15, 0.2) is 0 Å². The molecular formula is C16H25N. The summed E-state index contributed by atoms with van der Waals surface area (Å²) in [4.78, 5) is 0. The Balaban J connectivity index is 1.88. The first-order chi connectivity index (χ1) is 8.29. The third-order valence-electron chi connectivity index (χ3n) is 4.15. The molecule has 1 N–H and O–H groups in total. The van der Waals surface area contributed by atoms with Crippen molar-refractivity contribution < 1.29 is 0 Å². The zero-order chi connectivity index (χ0) is 12.1. The van der Waals surface area contributed by atoms with E-state index in [0.29, 0.717) is 6.04 Å². The monoisotopic (exact) mass is 231 g/mol. The Kier molecular flexibility index (Phi) is 4.61. The second kappa shape index (κ2) is 6.20. The van der Waals surface area contributed by atoms with Gasteiger partial charge in [0.05, 0.1) is 0 Å². The predicted molar refractivity (Wildman–Crippen MR) is 74.0 cm³/mol. The fourth-order valence-electron chi connectivity index (χ4n) is 3.00. The quantitative estimate of drug-likeness (QED) is 0.814. The molecule has 0 bridgehead atoms. The van der Waals surface area contributed by atoms with Crippen molar-refractivity contribution in [2.45, 2.75) is 58.0 Å². The summed E-state index contributed by atoms with van der Waals surface area (Å²) in [7, 11) is 0. The number of rotatable bonds is 4. The fourth-order valence-corrected chi connectivity index (χ4v) is 3.00. The molecule has 0 heterocycles. The highest BCUT2D eigenvalue weighted by Crippen LogP contribution is 2.28. The average Bonchev–Trinajstić information content (AvgIpc) is 2.40. The van der Waals surface area contributed by atoms with E-state index in [1.165, 1.54) is 37.7 Å². The summed E-state index contributed by atoms with van der Waals surface area (Å²) in [5.41, 5.74) is 1.41. The summed E-state index contributed by atoms with van der Waals surface area (Å²) >= 11 is 0. The molecule has 0 saturated heterocycles. The SMILES string of the molecule is CCC1CCCC(N[C@H](C)c2ccccc2)C1. The van der Waals surface area contributed by atoms with Crippen molar-refractivity contribution >= 4 is 0 Å². The van der Waals surface area contributed by atoms with Gasteiger partial charge in [0, 0.05) is 12.1 Å². The molecule has 0 aromatic heterocycles. The van der Waals surface area contributed by atoms with E-state index in [4.69, 9.17) is 0 Å². The Bertz CT molecular complexity index is 320. The standard InChI is InChI=1S/C16H25N/c1-3-14-8-7-11-16(12-14)17-13(2)15-9-5-4-6-10-15/h4-6,9-10,13-14,16-17H,3,7-8,11-12H2,1-2H3/t13-,14?,16?/m1/s1. The summed E-state index contributed by atoms with van der Waals surface area (Å²) in [5.74, 6) is 0.948. The minimum absolute atomic E-state index is 0.483. The molecule has 0 spiro atoms. The van der Waals surface area contributed by atoms with Gasteiger partial charge in [-0.05, 0) is 31.2 Å². The van der Waals surface area contributed by atoms with Crippen LogP contribution in [0.25, 0.3) is 0 Å². The second-order valence-corrected chi connectivity index (χ2v) is 5.44. The molecule has 94 valence electrons. The van der Waals surface area contributed by atoms with E-state index >= 15 is 0 Å². The molecule has 0 amide bonds. The van der Waals surface area contributed by atoms with Gasteiger partial charge in [0.25, 0.3) is 0 Å². The van der Waals surface area contributed by atoms with Gasteiger partial charge in [-0.15, -0.1) is 0 Å². The second-order valence-electron chi connectivity index (χ2n) is 5.44. The molecule has 2 rings (SSSR count). The van der Waals surface area contributed by atoms with E-state index < -0.39 is 0 Å². The van der Waals surface area contributed by atoms with Crippen LogP contribution in [0, 0.1) is 5.92 Å². The number of nitrogens with one attached hydrogen (secondary N) is 1. The number of hydrogen-bond donors (Lipinski definition) is 1. The normalized spacial score (nSPS) is 26.7. The Hall–Kier alpha value is -0.820. The molecule has 0 radical (unpaired) electrons. The third kappa shape index (κ3) is 3.57. The van der Waals surface area contributed by atoms with Gasteiger partial charge in [0.2, 0.25) is 0 Å². The maximum atomic E-state index is 3.80. The molecular weight excluding hydrogens is 206 g/mol. The van der Waals surface area contributed by atoms with E-state index in [2.05, 4.69) is 49.5 Å². The highest BCUT2D eigenvalue weighted by Gasteiger charge is 2.21. The lowest BCUT2D eigenvalue weighted by Gasteiger charge is -2.31.